The van der Waals surface area contributed by atoms with E-state index in [1.54, 1.807) is 0 Å². The molecule has 0 aromatic heterocycles. The van der Waals surface area contributed by atoms with Gasteiger partial charge in [-0.3, -0.25) is 0 Å². The standard InChI is InChI=1S/C51H102N2/c1-4-7-10-13-16-19-22-25-27-28-31-34-37-40-43-46-51-52(47-44-41-38-35-32-29-24-21-18-15-12-9-6-3)49-50-53(51)48-45-42-39-36-33-30-26-23-20-17-14-11-8-5-2/h49-51H,4-48H2,1-3H3. The van der Waals surface area contributed by atoms with E-state index >= 15 is 0 Å². The molecule has 0 radical (unpaired) electrons. The van der Waals surface area contributed by atoms with E-state index in [1.165, 1.54) is 289 Å². The molecule has 0 saturated heterocycles. The molecule has 0 N–H and O–H groups in total. The number of hydrogen-bond donors (Lipinski definition) is 0. The predicted molar refractivity (Wildman–Crippen MR) is 242 cm³/mol. The summed E-state index contributed by atoms with van der Waals surface area (Å²) in [5.41, 5.74) is 0. The molecular formula is C51H102N2. The monoisotopic (exact) mass is 743 g/mol. The Bertz CT molecular complexity index is 702. The van der Waals surface area contributed by atoms with Crippen molar-refractivity contribution in [1.29, 1.82) is 0 Å². The van der Waals surface area contributed by atoms with Crippen LogP contribution in [0.25, 0.3) is 0 Å². The molecule has 0 amide bonds. The third kappa shape index (κ3) is 34.3. The van der Waals surface area contributed by atoms with Gasteiger partial charge in [0.05, 0.1) is 0 Å². The highest BCUT2D eigenvalue weighted by Gasteiger charge is 2.25. The summed E-state index contributed by atoms with van der Waals surface area (Å²) < 4.78 is 0. The van der Waals surface area contributed by atoms with Crippen molar-refractivity contribution in [2.24, 2.45) is 0 Å². The predicted octanol–water partition coefficient (Wildman–Crippen LogP) is 18.2. The highest BCUT2D eigenvalue weighted by Crippen LogP contribution is 2.24. The number of unbranched alkanes of at least 4 members (excludes halogenated alkanes) is 39. The molecule has 1 atom stereocenters. The van der Waals surface area contributed by atoms with E-state index in [4.69, 9.17) is 0 Å². The van der Waals surface area contributed by atoms with Crippen molar-refractivity contribution in [3.8, 4) is 0 Å². The van der Waals surface area contributed by atoms with Crippen molar-refractivity contribution in [2.75, 3.05) is 13.1 Å². The molecule has 1 unspecified atom stereocenters. The maximum absolute atomic E-state index is 2.74. The van der Waals surface area contributed by atoms with E-state index in [0.717, 1.165) is 0 Å². The van der Waals surface area contributed by atoms with Crippen molar-refractivity contribution in [2.45, 2.75) is 303 Å². The Morgan fingerprint density at radius 3 is 0.660 bits per heavy atom. The average molecular weight is 743 g/mol. The number of rotatable bonds is 45. The van der Waals surface area contributed by atoms with Gasteiger partial charge in [-0.15, -0.1) is 0 Å². The van der Waals surface area contributed by atoms with Crippen LogP contribution in [0.5, 0.6) is 0 Å². The molecule has 2 heteroatoms. The fourth-order valence-corrected chi connectivity index (χ4v) is 8.84. The maximum atomic E-state index is 2.74. The van der Waals surface area contributed by atoms with Crippen LogP contribution in [0, 0.1) is 0 Å². The van der Waals surface area contributed by atoms with Crippen LogP contribution in [-0.2, 0) is 0 Å². The van der Waals surface area contributed by atoms with Crippen LogP contribution >= 0.6 is 0 Å². The van der Waals surface area contributed by atoms with Gasteiger partial charge >= 0.3 is 0 Å². The quantitative estimate of drug-likeness (QED) is 0.0573. The molecule has 0 aromatic rings. The van der Waals surface area contributed by atoms with Gasteiger partial charge in [0.2, 0.25) is 0 Å². The summed E-state index contributed by atoms with van der Waals surface area (Å²) in [4.78, 5) is 5.48. The molecule has 0 spiro atoms. The normalized spacial score (nSPS) is 14.4. The molecule has 0 aliphatic carbocycles. The Labute approximate surface area is 337 Å². The molecule has 316 valence electrons. The summed E-state index contributed by atoms with van der Waals surface area (Å²) in [5.74, 6) is 0. The zero-order valence-electron chi connectivity index (χ0n) is 37.4. The first-order chi connectivity index (χ1) is 26.3. The van der Waals surface area contributed by atoms with Crippen LogP contribution in [0.15, 0.2) is 12.4 Å². The molecule has 0 bridgehead atoms. The van der Waals surface area contributed by atoms with Crippen LogP contribution in [0.2, 0.25) is 0 Å². The second kappa shape index (κ2) is 42.5. The van der Waals surface area contributed by atoms with Gasteiger partial charge < -0.3 is 9.80 Å². The third-order valence-electron chi connectivity index (χ3n) is 12.6. The molecule has 0 aromatic carbocycles. The van der Waals surface area contributed by atoms with Crippen LogP contribution in [0.3, 0.4) is 0 Å². The molecular weight excluding hydrogens is 641 g/mol. The number of nitrogens with zero attached hydrogens (tertiary/aromatic N) is 2. The molecule has 1 rings (SSSR count). The highest BCUT2D eigenvalue weighted by molar-refractivity contribution is 4.97. The van der Waals surface area contributed by atoms with Gasteiger partial charge in [0, 0.05) is 25.5 Å². The second-order valence-electron chi connectivity index (χ2n) is 17.8. The Morgan fingerprint density at radius 2 is 0.434 bits per heavy atom. The molecule has 53 heavy (non-hydrogen) atoms. The van der Waals surface area contributed by atoms with Crippen molar-refractivity contribution in [1.82, 2.24) is 9.80 Å². The zero-order chi connectivity index (χ0) is 38.0. The Balaban J connectivity index is 2.20. The molecule has 1 aliphatic rings. The minimum absolute atomic E-state index is 0.635. The van der Waals surface area contributed by atoms with Crippen LogP contribution in [0.4, 0.5) is 0 Å². The van der Waals surface area contributed by atoms with Gasteiger partial charge in [0.25, 0.3) is 0 Å². The van der Waals surface area contributed by atoms with Gasteiger partial charge in [-0.05, 0) is 25.7 Å². The van der Waals surface area contributed by atoms with E-state index in [-0.39, 0.29) is 0 Å². The molecule has 0 saturated carbocycles. The second-order valence-corrected chi connectivity index (χ2v) is 17.8. The van der Waals surface area contributed by atoms with Gasteiger partial charge in [0.1, 0.15) is 6.17 Å². The Hall–Kier alpha value is -0.660. The lowest BCUT2D eigenvalue weighted by Gasteiger charge is -2.33. The first kappa shape index (κ1) is 50.4. The summed E-state index contributed by atoms with van der Waals surface area (Å²) in [6.45, 7) is 9.50. The molecule has 1 aliphatic heterocycles. The fraction of sp³-hybridized carbons (Fsp3) is 0.961. The maximum Gasteiger partial charge on any atom is 0.101 e. The van der Waals surface area contributed by atoms with E-state index in [0.29, 0.717) is 6.17 Å². The summed E-state index contributed by atoms with van der Waals surface area (Å²) in [5, 5.41) is 0. The van der Waals surface area contributed by atoms with Crippen molar-refractivity contribution in [3.63, 3.8) is 0 Å². The molecule has 0 fully saturated rings. The average Bonchev–Trinajstić information content (AvgIpc) is 3.55. The van der Waals surface area contributed by atoms with Gasteiger partial charge in [-0.25, -0.2) is 0 Å². The van der Waals surface area contributed by atoms with E-state index in [1.807, 2.05) is 0 Å². The topological polar surface area (TPSA) is 6.48 Å². The fourth-order valence-electron chi connectivity index (χ4n) is 8.84. The van der Waals surface area contributed by atoms with Crippen LogP contribution < -0.4 is 0 Å². The molecule has 1 heterocycles. The lowest BCUT2D eigenvalue weighted by Crippen LogP contribution is -2.39. The van der Waals surface area contributed by atoms with Crippen molar-refractivity contribution < 1.29 is 0 Å². The third-order valence-corrected chi connectivity index (χ3v) is 12.6. The zero-order valence-corrected chi connectivity index (χ0v) is 37.4. The Morgan fingerprint density at radius 1 is 0.245 bits per heavy atom. The minimum Gasteiger partial charge on any atom is -0.356 e. The van der Waals surface area contributed by atoms with Gasteiger partial charge in [-0.1, -0.05) is 271 Å². The van der Waals surface area contributed by atoms with Crippen molar-refractivity contribution >= 4 is 0 Å². The van der Waals surface area contributed by atoms with E-state index < -0.39 is 0 Å². The summed E-state index contributed by atoms with van der Waals surface area (Å²) >= 11 is 0. The first-order valence-electron chi connectivity index (χ1n) is 25.5. The first-order valence-corrected chi connectivity index (χ1v) is 25.5. The lowest BCUT2D eigenvalue weighted by atomic mass is 10.0. The molecule has 2 nitrogen and oxygen atoms in total. The lowest BCUT2D eigenvalue weighted by molar-refractivity contribution is 0.135. The van der Waals surface area contributed by atoms with Gasteiger partial charge in [-0.2, -0.15) is 0 Å². The summed E-state index contributed by atoms with van der Waals surface area (Å²) in [6, 6.07) is 0. The summed E-state index contributed by atoms with van der Waals surface area (Å²) in [6.07, 6.45) is 67.9. The van der Waals surface area contributed by atoms with E-state index in [9.17, 15) is 0 Å². The van der Waals surface area contributed by atoms with Crippen molar-refractivity contribution in [3.05, 3.63) is 12.4 Å². The Kier molecular flexibility index (Phi) is 40.4. The van der Waals surface area contributed by atoms with Gasteiger partial charge in [0.15, 0.2) is 0 Å². The summed E-state index contributed by atoms with van der Waals surface area (Å²) in [7, 11) is 0. The minimum atomic E-state index is 0.635. The van der Waals surface area contributed by atoms with Crippen LogP contribution in [0.1, 0.15) is 297 Å². The van der Waals surface area contributed by atoms with E-state index in [2.05, 4.69) is 43.0 Å². The van der Waals surface area contributed by atoms with Crippen LogP contribution in [-0.4, -0.2) is 29.1 Å². The SMILES string of the molecule is CCCCCCCCCCCCCCCCCC1N(CCCCCCCCCCCCCCC)C=CN1CCCCCCCCCCCCCCCC. The number of hydrogen-bond acceptors (Lipinski definition) is 2. The largest absolute Gasteiger partial charge is 0.356 e. The highest BCUT2D eigenvalue weighted by atomic mass is 15.4. The smallest absolute Gasteiger partial charge is 0.101 e.